The molecule has 0 bridgehead atoms. The van der Waals surface area contributed by atoms with Crippen molar-refractivity contribution in [1.29, 1.82) is 0 Å². The molecule has 1 heterocycles. The summed E-state index contributed by atoms with van der Waals surface area (Å²) in [6.45, 7) is 1.79. The molecule has 1 aromatic rings. The Balaban J connectivity index is 2.16. The SMILES string of the molecule is COc1ccc(N=C=O)cc1OC1CN(C)C1. The topological polar surface area (TPSA) is 51.1 Å². The first-order valence-corrected chi connectivity index (χ1v) is 5.34. The minimum Gasteiger partial charge on any atom is -0.493 e. The van der Waals surface area contributed by atoms with E-state index in [0.29, 0.717) is 17.2 Å². The van der Waals surface area contributed by atoms with E-state index in [1.807, 2.05) is 7.05 Å². The summed E-state index contributed by atoms with van der Waals surface area (Å²) in [6.07, 6.45) is 1.68. The highest BCUT2D eigenvalue weighted by molar-refractivity contribution is 5.56. The standard InChI is InChI=1S/C12H14N2O3/c1-14-6-10(7-14)17-12-5-9(13-8-15)3-4-11(12)16-2/h3-5,10H,6-7H2,1-2H3. The van der Waals surface area contributed by atoms with Crippen LogP contribution in [0.15, 0.2) is 23.2 Å². The highest BCUT2D eigenvalue weighted by Crippen LogP contribution is 2.32. The van der Waals surface area contributed by atoms with Crippen LogP contribution in [-0.2, 0) is 4.79 Å². The molecule has 5 heteroatoms. The van der Waals surface area contributed by atoms with Gasteiger partial charge in [0.1, 0.15) is 6.10 Å². The van der Waals surface area contributed by atoms with E-state index in [1.165, 1.54) is 6.08 Å². The molecule has 1 aliphatic heterocycles. The normalized spacial score (nSPS) is 15.9. The second-order valence-electron chi connectivity index (χ2n) is 4.00. The van der Waals surface area contributed by atoms with Gasteiger partial charge in [0.25, 0.3) is 0 Å². The Morgan fingerprint density at radius 3 is 2.76 bits per heavy atom. The van der Waals surface area contributed by atoms with Crippen LogP contribution in [0.3, 0.4) is 0 Å². The number of carbonyl (C=O) groups excluding carboxylic acids is 1. The minimum absolute atomic E-state index is 0.171. The fourth-order valence-corrected chi connectivity index (χ4v) is 1.78. The Hall–Kier alpha value is -1.84. The number of methoxy groups -OCH3 is 1. The van der Waals surface area contributed by atoms with Crippen LogP contribution < -0.4 is 9.47 Å². The summed E-state index contributed by atoms with van der Waals surface area (Å²) in [7, 11) is 3.61. The van der Waals surface area contributed by atoms with E-state index >= 15 is 0 Å². The Morgan fingerprint density at radius 1 is 1.41 bits per heavy atom. The van der Waals surface area contributed by atoms with E-state index in [2.05, 4.69) is 9.89 Å². The average molecular weight is 234 g/mol. The van der Waals surface area contributed by atoms with E-state index in [4.69, 9.17) is 9.47 Å². The Labute approximate surface area is 99.7 Å². The third kappa shape index (κ3) is 2.64. The molecule has 1 saturated heterocycles. The van der Waals surface area contributed by atoms with Crippen molar-refractivity contribution >= 4 is 11.8 Å². The number of hydrogen-bond acceptors (Lipinski definition) is 5. The summed E-state index contributed by atoms with van der Waals surface area (Å²) < 4.78 is 11.0. The van der Waals surface area contributed by atoms with Gasteiger partial charge < -0.3 is 9.47 Å². The molecular weight excluding hydrogens is 220 g/mol. The predicted molar refractivity (Wildman–Crippen MR) is 62.7 cm³/mol. The summed E-state index contributed by atoms with van der Waals surface area (Å²) >= 11 is 0. The van der Waals surface area contributed by atoms with Gasteiger partial charge in [0, 0.05) is 19.2 Å². The third-order valence-corrected chi connectivity index (χ3v) is 2.65. The van der Waals surface area contributed by atoms with Gasteiger partial charge in [-0.2, -0.15) is 4.99 Å². The van der Waals surface area contributed by atoms with Crippen molar-refractivity contribution in [2.24, 2.45) is 4.99 Å². The maximum atomic E-state index is 10.2. The molecule has 1 fully saturated rings. The number of aliphatic imine (C=N–C) groups is 1. The van der Waals surface area contributed by atoms with Crippen molar-refractivity contribution in [3.8, 4) is 11.5 Å². The Morgan fingerprint density at radius 2 is 2.18 bits per heavy atom. The summed E-state index contributed by atoms with van der Waals surface area (Å²) in [5, 5.41) is 0. The fraction of sp³-hybridized carbons (Fsp3) is 0.417. The van der Waals surface area contributed by atoms with Gasteiger partial charge in [-0.15, -0.1) is 0 Å². The van der Waals surface area contributed by atoms with Crippen molar-refractivity contribution < 1.29 is 14.3 Å². The van der Waals surface area contributed by atoms with Gasteiger partial charge in [-0.25, -0.2) is 4.79 Å². The average Bonchev–Trinajstić information content (AvgIpc) is 2.28. The molecule has 5 nitrogen and oxygen atoms in total. The molecule has 0 saturated carbocycles. The van der Waals surface area contributed by atoms with Crippen LogP contribution in [0.5, 0.6) is 11.5 Å². The maximum absolute atomic E-state index is 10.2. The monoisotopic (exact) mass is 234 g/mol. The van der Waals surface area contributed by atoms with Crippen LogP contribution >= 0.6 is 0 Å². The number of isocyanates is 1. The zero-order chi connectivity index (χ0) is 12.3. The molecular formula is C12H14N2O3. The lowest BCUT2D eigenvalue weighted by Gasteiger charge is -2.36. The molecule has 90 valence electrons. The van der Waals surface area contributed by atoms with Crippen molar-refractivity contribution in [3.63, 3.8) is 0 Å². The summed E-state index contributed by atoms with van der Waals surface area (Å²) in [5.74, 6) is 1.26. The molecule has 1 aliphatic rings. The predicted octanol–water partition coefficient (Wildman–Crippen LogP) is 1.36. The van der Waals surface area contributed by atoms with Gasteiger partial charge in [0.05, 0.1) is 12.8 Å². The lowest BCUT2D eigenvalue weighted by Crippen LogP contribution is -2.51. The maximum Gasteiger partial charge on any atom is 0.240 e. The highest BCUT2D eigenvalue weighted by Gasteiger charge is 2.25. The van der Waals surface area contributed by atoms with E-state index < -0.39 is 0 Å². The zero-order valence-electron chi connectivity index (χ0n) is 9.84. The van der Waals surface area contributed by atoms with E-state index in [-0.39, 0.29) is 6.10 Å². The number of ether oxygens (including phenoxy) is 2. The number of hydrogen-bond donors (Lipinski definition) is 0. The minimum atomic E-state index is 0.171. The van der Waals surface area contributed by atoms with Gasteiger partial charge in [-0.3, -0.25) is 4.90 Å². The zero-order valence-corrected chi connectivity index (χ0v) is 9.84. The summed E-state index contributed by atoms with van der Waals surface area (Å²) in [6, 6.07) is 5.10. The number of benzene rings is 1. The lowest BCUT2D eigenvalue weighted by molar-refractivity contribution is 0.0370. The fourth-order valence-electron chi connectivity index (χ4n) is 1.78. The number of likely N-dealkylation sites (tertiary alicyclic amines) is 1. The molecule has 17 heavy (non-hydrogen) atoms. The van der Waals surface area contributed by atoms with Gasteiger partial charge in [0.2, 0.25) is 6.08 Å². The number of likely N-dealkylation sites (N-methyl/N-ethyl adjacent to an activating group) is 1. The first kappa shape index (κ1) is 11.6. The van der Waals surface area contributed by atoms with Gasteiger partial charge in [0.15, 0.2) is 11.5 Å². The summed E-state index contributed by atoms with van der Waals surface area (Å²) in [4.78, 5) is 15.9. The van der Waals surface area contributed by atoms with Crippen LogP contribution in [0.4, 0.5) is 5.69 Å². The Kier molecular flexibility index (Phi) is 3.42. The first-order valence-electron chi connectivity index (χ1n) is 5.34. The molecule has 0 aliphatic carbocycles. The molecule has 2 rings (SSSR count). The van der Waals surface area contributed by atoms with E-state index in [0.717, 1.165) is 13.1 Å². The molecule has 0 unspecified atom stereocenters. The highest BCUT2D eigenvalue weighted by atomic mass is 16.5. The molecule has 0 spiro atoms. The molecule has 0 radical (unpaired) electrons. The molecule has 0 atom stereocenters. The first-order chi connectivity index (χ1) is 8.22. The van der Waals surface area contributed by atoms with Crippen LogP contribution in [0.2, 0.25) is 0 Å². The lowest BCUT2D eigenvalue weighted by atomic mass is 10.2. The number of rotatable bonds is 4. The Bertz CT molecular complexity index is 449. The third-order valence-electron chi connectivity index (χ3n) is 2.65. The second-order valence-corrected chi connectivity index (χ2v) is 4.00. The van der Waals surface area contributed by atoms with Crippen LogP contribution in [0, 0.1) is 0 Å². The van der Waals surface area contributed by atoms with Crippen molar-refractivity contribution in [3.05, 3.63) is 18.2 Å². The van der Waals surface area contributed by atoms with Gasteiger partial charge in [-0.05, 0) is 19.2 Å². The number of nitrogens with zero attached hydrogens (tertiary/aromatic N) is 2. The van der Waals surface area contributed by atoms with Gasteiger partial charge >= 0.3 is 0 Å². The van der Waals surface area contributed by atoms with Crippen molar-refractivity contribution in [2.45, 2.75) is 6.10 Å². The van der Waals surface area contributed by atoms with Crippen LogP contribution in [0.25, 0.3) is 0 Å². The second kappa shape index (κ2) is 4.99. The van der Waals surface area contributed by atoms with E-state index in [1.54, 1.807) is 25.3 Å². The largest absolute Gasteiger partial charge is 0.493 e. The van der Waals surface area contributed by atoms with Crippen LogP contribution in [0.1, 0.15) is 0 Å². The quantitative estimate of drug-likeness (QED) is 0.583. The van der Waals surface area contributed by atoms with Crippen molar-refractivity contribution in [2.75, 3.05) is 27.2 Å². The van der Waals surface area contributed by atoms with Crippen molar-refractivity contribution in [1.82, 2.24) is 4.90 Å². The van der Waals surface area contributed by atoms with Crippen LogP contribution in [-0.4, -0.2) is 44.3 Å². The molecule has 0 amide bonds. The van der Waals surface area contributed by atoms with Gasteiger partial charge in [-0.1, -0.05) is 0 Å². The molecule has 1 aromatic carbocycles. The summed E-state index contributed by atoms with van der Waals surface area (Å²) in [5.41, 5.74) is 0.517. The smallest absolute Gasteiger partial charge is 0.240 e. The molecule has 0 aromatic heterocycles. The molecule has 0 N–H and O–H groups in total. The van der Waals surface area contributed by atoms with E-state index in [9.17, 15) is 4.79 Å².